The SMILES string of the molecule is CCn1cnc2c(N)nc(-n3nc(C)cc3C)nc21. The Balaban J connectivity index is 2.27. The number of nitrogens with two attached hydrogens (primary N) is 1. The summed E-state index contributed by atoms with van der Waals surface area (Å²) < 4.78 is 3.63. The van der Waals surface area contributed by atoms with Gasteiger partial charge in [0.05, 0.1) is 12.0 Å². The minimum atomic E-state index is 0.375. The molecule has 0 aromatic carbocycles. The highest BCUT2D eigenvalue weighted by molar-refractivity contribution is 5.82. The summed E-state index contributed by atoms with van der Waals surface area (Å²) >= 11 is 0. The van der Waals surface area contributed by atoms with Crippen LogP contribution in [0.4, 0.5) is 5.82 Å². The number of nitrogens with zero attached hydrogens (tertiary/aromatic N) is 6. The molecule has 7 nitrogen and oxygen atoms in total. The molecule has 3 aromatic heterocycles. The summed E-state index contributed by atoms with van der Waals surface area (Å²) in [6.07, 6.45) is 1.72. The predicted octanol–water partition coefficient (Wildman–Crippen LogP) is 1.23. The average molecular weight is 257 g/mol. The maximum atomic E-state index is 5.95. The lowest BCUT2D eigenvalue weighted by atomic mass is 10.4. The molecule has 0 atom stereocenters. The molecule has 3 heterocycles. The molecule has 0 unspecified atom stereocenters. The highest BCUT2D eigenvalue weighted by Gasteiger charge is 2.13. The topological polar surface area (TPSA) is 87.4 Å². The molecule has 0 saturated carbocycles. The third kappa shape index (κ3) is 1.74. The zero-order valence-electron chi connectivity index (χ0n) is 11.1. The van der Waals surface area contributed by atoms with E-state index < -0.39 is 0 Å². The lowest BCUT2D eigenvalue weighted by Gasteiger charge is -2.05. The van der Waals surface area contributed by atoms with Crippen LogP contribution in [-0.4, -0.2) is 29.3 Å². The molecule has 0 bridgehead atoms. The van der Waals surface area contributed by atoms with Crippen molar-refractivity contribution < 1.29 is 0 Å². The van der Waals surface area contributed by atoms with Crippen LogP contribution >= 0.6 is 0 Å². The second-order valence-corrected chi connectivity index (χ2v) is 4.45. The first-order valence-electron chi connectivity index (χ1n) is 6.12. The van der Waals surface area contributed by atoms with Gasteiger partial charge in [0.2, 0.25) is 0 Å². The van der Waals surface area contributed by atoms with Gasteiger partial charge < -0.3 is 10.3 Å². The fourth-order valence-corrected chi connectivity index (χ4v) is 2.11. The van der Waals surface area contributed by atoms with Gasteiger partial charge in [0, 0.05) is 12.2 Å². The van der Waals surface area contributed by atoms with Gasteiger partial charge in [-0.25, -0.2) is 9.67 Å². The molecule has 3 rings (SSSR count). The van der Waals surface area contributed by atoms with Crippen molar-refractivity contribution in [3.05, 3.63) is 23.8 Å². The average Bonchev–Trinajstić information content (AvgIpc) is 2.92. The molecule has 0 spiro atoms. The monoisotopic (exact) mass is 257 g/mol. The Kier molecular flexibility index (Phi) is 2.48. The van der Waals surface area contributed by atoms with E-state index in [1.54, 1.807) is 11.0 Å². The summed E-state index contributed by atoms with van der Waals surface area (Å²) in [4.78, 5) is 13.0. The summed E-state index contributed by atoms with van der Waals surface area (Å²) in [5.41, 5.74) is 9.21. The minimum Gasteiger partial charge on any atom is -0.382 e. The van der Waals surface area contributed by atoms with Crippen LogP contribution in [0.15, 0.2) is 12.4 Å². The van der Waals surface area contributed by atoms with Gasteiger partial charge in [-0.05, 0) is 26.8 Å². The molecule has 0 aliphatic heterocycles. The van der Waals surface area contributed by atoms with Crippen molar-refractivity contribution in [3.63, 3.8) is 0 Å². The first-order chi connectivity index (χ1) is 9.10. The van der Waals surface area contributed by atoms with Crippen LogP contribution in [0, 0.1) is 13.8 Å². The molecule has 98 valence electrons. The maximum absolute atomic E-state index is 5.95. The molecule has 3 aromatic rings. The van der Waals surface area contributed by atoms with E-state index in [2.05, 4.69) is 20.1 Å². The van der Waals surface area contributed by atoms with E-state index in [9.17, 15) is 0 Å². The van der Waals surface area contributed by atoms with Gasteiger partial charge in [-0.1, -0.05) is 0 Å². The fraction of sp³-hybridized carbons (Fsp3) is 0.333. The summed E-state index contributed by atoms with van der Waals surface area (Å²) in [7, 11) is 0. The van der Waals surface area contributed by atoms with Crippen LogP contribution in [0.3, 0.4) is 0 Å². The van der Waals surface area contributed by atoms with E-state index in [0.717, 1.165) is 23.6 Å². The van der Waals surface area contributed by atoms with E-state index in [0.29, 0.717) is 17.3 Å². The Morgan fingerprint density at radius 2 is 2.05 bits per heavy atom. The molecule has 7 heteroatoms. The highest BCUT2D eigenvalue weighted by atomic mass is 15.4. The second kappa shape index (κ2) is 4.04. The lowest BCUT2D eigenvalue weighted by Crippen LogP contribution is -2.08. The summed E-state index contributed by atoms with van der Waals surface area (Å²) in [6, 6.07) is 1.97. The van der Waals surface area contributed by atoms with Gasteiger partial charge in [-0.3, -0.25) is 0 Å². The molecular weight excluding hydrogens is 242 g/mol. The van der Waals surface area contributed by atoms with Crippen LogP contribution in [0.5, 0.6) is 0 Å². The zero-order chi connectivity index (χ0) is 13.6. The molecular formula is C12H15N7. The first kappa shape index (κ1) is 11.6. The van der Waals surface area contributed by atoms with Gasteiger partial charge in [-0.2, -0.15) is 15.1 Å². The molecule has 2 N–H and O–H groups in total. The largest absolute Gasteiger partial charge is 0.382 e. The maximum Gasteiger partial charge on any atom is 0.254 e. The molecule has 0 radical (unpaired) electrons. The van der Waals surface area contributed by atoms with E-state index >= 15 is 0 Å². The molecule has 0 aliphatic rings. The van der Waals surface area contributed by atoms with Crippen LogP contribution in [0.25, 0.3) is 17.1 Å². The summed E-state index contributed by atoms with van der Waals surface area (Å²) in [5.74, 6) is 0.852. The van der Waals surface area contributed by atoms with Crippen molar-refractivity contribution in [2.75, 3.05) is 5.73 Å². The fourth-order valence-electron chi connectivity index (χ4n) is 2.11. The Hall–Kier alpha value is -2.44. The van der Waals surface area contributed by atoms with Crippen LogP contribution in [0.2, 0.25) is 0 Å². The third-order valence-corrected chi connectivity index (χ3v) is 3.02. The van der Waals surface area contributed by atoms with Crippen molar-refractivity contribution in [3.8, 4) is 5.95 Å². The van der Waals surface area contributed by atoms with Crippen LogP contribution in [0.1, 0.15) is 18.3 Å². The van der Waals surface area contributed by atoms with E-state index in [4.69, 9.17) is 5.73 Å². The number of fused-ring (bicyclic) bond motifs is 1. The van der Waals surface area contributed by atoms with Crippen molar-refractivity contribution in [1.29, 1.82) is 0 Å². The van der Waals surface area contributed by atoms with Gasteiger partial charge in [0.25, 0.3) is 5.95 Å². The molecule has 0 saturated heterocycles. The normalized spacial score (nSPS) is 11.3. The van der Waals surface area contributed by atoms with Crippen molar-refractivity contribution in [1.82, 2.24) is 29.3 Å². The van der Waals surface area contributed by atoms with E-state index in [1.807, 2.05) is 31.4 Å². The Morgan fingerprint density at radius 1 is 1.26 bits per heavy atom. The Morgan fingerprint density at radius 3 is 2.68 bits per heavy atom. The number of anilines is 1. The summed E-state index contributed by atoms with van der Waals surface area (Å²) in [6.45, 7) is 6.70. The molecule has 0 aliphatic carbocycles. The number of imidazole rings is 1. The highest BCUT2D eigenvalue weighted by Crippen LogP contribution is 2.18. The van der Waals surface area contributed by atoms with Crippen LogP contribution in [-0.2, 0) is 6.54 Å². The smallest absolute Gasteiger partial charge is 0.254 e. The standard InChI is InChI=1S/C12H15N7/c1-4-18-6-14-9-10(13)15-12(16-11(9)18)19-8(3)5-7(2)17-19/h5-6H,4H2,1-3H3,(H2,13,15,16). The number of hydrogen-bond acceptors (Lipinski definition) is 5. The van der Waals surface area contributed by atoms with E-state index in [1.165, 1.54) is 0 Å². The third-order valence-electron chi connectivity index (χ3n) is 3.02. The van der Waals surface area contributed by atoms with Crippen LogP contribution < -0.4 is 5.73 Å². The minimum absolute atomic E-state index is 0.375. The van der Waals surface area contributed by atoms with Gasteiger partial charge in [-0.15, -0.1) is 0 Å². The number of hydrogen-bond donors (Lipinski definition) is 1. The van der Waals surface area contributed by atoms with Gasteiger partial charge in [0.1, 0.15) is 5.52 Å². The Bertz CT molecular complexity index is 753. The number of rotatable bonds is 2. The molecule has 0 fully saturated rings. The van der Waals surface area contributed by atoms with Crippen molar-refractivity contribution in [2.45, 2.75) is 27.3 Å². The Labute approximate surface area is 110 Å². The predicted molar refractivity (Wildman–Crippen MR) is 72.0 cm³/mol. The summed E-state index contributed by atoms with van der Waals surface area (Å²) in [5, 5.41) is 4.37. The lowest BCUT2D eigenvalue weighted by molar-refractivity contribution is 0.754. The van der Waals surface area contributed by atoms with E-state index in [-0.39, 0.29) is 0 Å². The first-order valence-corrected chi connectivity index (χ1v) is 6.12. The quantitative estimate of drug-likeness (QED) is 0.746. The molecule has 0 amide bonds. The van der Waals surface area contributed by atoms with Gasteiger partial charge >= 0.3 is 0 Å². The number of aromatic nitrogens is 6. The van der Waals surface area contributed by atoms with Crippen molar-refractivity contribution >= 4 is 17.0 Å². The zero-order valence-corrected chi connectivity index (χ0v) is 11.1. The second-order valence-electron chi connectivity index (χ2n) is 4.45. The van der Waals surface area contributed by atoms with Crippen molar-refractivity contribution in [2.24, 2.45) is 0 Å². The number of aryl methyl sites for hydroxylation is 3. The molecule has 19 heavy (non-hydrogen) atoms. The number of nitrogen functional groups attached to an aromatic ring is 1. The van der Waals surface area contributed by atoms with Gasteiger partial charge in [0.15, 0.2) is 11.5 Å².